The number of hydrogen-bond donors (Lipinski definition) is 1. The number of carbonyl (C=O) groups is 1. The maximum Gasteiger partial charge on any atom is 0.269 e. The molecule has 0 atom stereocenters. The van der Waals surface area contributed by atoms with E-state index in [2.05, 4.69) is 14.8 Å². The number of rotatable bonds is 6. The van der Waals surface area contributed by atoms with Gasteiger partial charge in [0.05, 0.1) is 29.1 Å². The van der Waals surface area contributed by atoms with Crippen LogP contribution in [0.3, 0.4) is 0 Å². The molecule has 9 nitrogen and oxygen atoms in total. The number of nitrogens with zero attached hydrogens (tertiary/aromatic N) is 4. The molecule has 0 unspecified atom stereocenters. The number of nitrogens with one attached hydrogen (secondary N) is 1. The highest BCUT2D eigenvalue weighted by molar-refractivity contribution is 6.05. The number of imidazole rings is 1. The fraction of sp³-hybridized carbons (Fsp3) is 0.300. The predicted molar refractivity (Wildman–Crippen MR) is 108 cm³/mol. The van der Waals surface area contributed by atoms with Crippen molar-refractivity contribution in [2.75, 3.05) is 32.1 Å². The molecule has 0 saturated carbocycles. The monoisotopic (exact) mass is 395 g/mol. The zero-order chi connectivity index (χ0) is 20.4. The van der Waals surface area contributed by atoms with E-state index in [0.717, 1.165) is 43.0 Å². The quantitative estimate of drug-likeness (QED) is 0.508. The Morgan fingerprint density at radius 3 is 2.76 bits per heavy atom. The Morgan fingerprint density at radius 1 is 1.24 bits per heavy atom. The van der Waals surface area contributed by atoms with Gasteiger partial charge in [0.25, 0.3) is 11.6 Å². The number of nitro groups is 1. The second-order valence-corrected chi connectivity index (χ2v) is 6.91. The lowest BCUT2D eigenvalue weighted by atomic mass is 10.2. The predicted octanol–water partition coefficient (Wildman–Crippen LogP) is 2.66. The van der Waals surface area contributed by atoms with Gasteiger partial charge in [0.15, 0.2) is 0 Å². The van der Waals surface area contributed by atoms with E-state index in [4.69, 9.17) is 9.72 Å². The summed E-state index contributed by atoms with van der Waals surface area (Å²) in [4.78, 5) is 29.7. The molecule has 2 aromatic carbocycles. The van der Waals surface area contributed by atoms with Crippen LogP contribution in [0.5, 0.6) is 0 Å². The van der Waals surface area contributed by atoms with Crippen molar-refractivity contribution in [2.45, 2.75) is 13.1 Å². The first-order valence-electron chi connectivity index (χ1n) is 9.31. The van der Waals surface area contributed by atoms with Gasteiger partial charge in [-0.3, -0.25) is 19.8 Å². The number of anilines is 1. The van der Waals surface area contributed by atoms with Crippen LogP contribution in [0.4, 0.5) is 11.4 Å². The maximum atomic E-state index is 12.4. The summed E-state index contributed by atoms with van der Waals surface area (Å²) < 4.78 is 7.37. The number of non-ortho nitro benzene ring substituents is 1. The Balaban J connectivity index is 1.51. The van der Waals surface area contributed by atoms with Crippen molar-refractivity contribution in [2.24, 2.45) is 0 Å². The van der Waals surface area contributed by atoms with Crippen LogP contribution in [0.2, 0.25) is 0 Å². The van der Waals surface area contributed by atoms with Gasteiger partial charge in [-0.2, -0.15) is 0 Å². The normalized spacial score (nSPS) is 14.0. The fourth-order valence-corrected chi connectivity index (χ4v) is 3.50. The molecule has 29 heavy (non-hydrogen) atoms. The number of benzene rings is 2. The van der Waals surface area contributed by atoms with Crippen molar-refractivity contribution in [1.82, 2.24) is 14.5 Å². The topological polar surface area (TPSA) is 103 Å². The third kappa shape index (κ3) is 3.96. The molecule has 0 bridgehead atoms. The van der Waals surface area contributed by atoms with Crippen LogP contribution in [0.25, 0.3) is 11.0 Å². The molecular weight excluding hydrogens is 374 g/mol. The van der Waals surface area contributed by atoms with E-state index < -0.39 is 4.92 Å². The van der Waals surface area contributed by atoms with Crippen molar-refractivity contribution < 1.29 is 14.5 Å². The fourth-order valence-electron chi connectivity index (χ4n) is 3.50. The van der Waals surface area contributed by atoms with Gasteiger partial charge in [-0.1, -0.05) is 0 Å². The highest BCUT2D eigenvalue weighted by Gasteiger charge is 2.20. The molecular formula is C20H21N5O4. The van der Waals surface area contributed by atoms with E-state index in [1.807, 2.05) is 18.2 Å². The lowest BCUT2D eigenvalue weighted by Crippen LogP contribution is -2.35. The molecule has 2 heterocycles. The van der Waals surface area contributed by atoms with Crippen molar-refractivity contribution in [1.29, 1.82) is 0 Å². The number of methoxy groups -OCH3 is 1. The van der Waals surface area contributed by atoms with Crippen LogP contribution in [0, 0.1) is 10.1 Å². The standard InChI is InChI=1S/C20H21N5O4/c1-29-11-10-23-8-9-24-18-7-4-15(12-17(18)22-19(24)13-23)21-20(26)14-2-5-16(6-3-14)25(27)28/h2-7,12H,8-11,13H2,1H3,(H,21,26). The molecule has 1 N–H and O–H groups in total. The average Bonchev–Trinajstić information content (AvgIpc) is 3.09. The molecule has 1 aromatic heterocycles. The number of amides is 1. The number of nitro benzene ring substituents is 1. The molecule has 9 heteroatoms. The highest BCUT2D eigenvalue weighted by atomic mass is 16.6. The number of ether oxygens (including phenoxy) is 1. The zero-order valence-corrected chi connectivity index (χ0v) is 16.0. The van der Waals surface area contributed by atoms with Crippen LogP contribution in [0.1, 0.15) is 16.2 Å². The average molecular weight is 395 g/mol. The minimum absolute atomic E-state index is 0.0499. The van der Waals surface area contributed by atoms with E-state index in [0.29, 0.717) is 17.9 Å². The first kappa shape index (κ1) is 19.0. The van der Waals surface area contributed by atoms with Gasteiger partial charge < -0.3 is 14.6 Å². The molecule has 0 radical (unpaired) electrons. The summed E-state index contributed by atoms with van der Waals surface area (Å²) in [6, 6.07) is 11.2. The van der Waals surface area contributed by atoms with Gasteiger partial charge in [-0.15, -0.1) is 0 Å². The van der Waals surface area contributed by atoms with Crippen molar-refractivity contribution in [3.05, 3.63) is 64.0 Å². The molecule has 4 rings (SSSR count). The Bertz CT molecular complexity index is 1060. The van der Waals surface area contributed by atoms with Crippen LogP contribution >= 0.6 is 0 Å². The Kier molecular flexibility index (Phi) is 5.24. The lowest BCUT2D eigenvalue weighted by Gasteiger charge is -2.27. The second kappa shape index (κ2) is 7.98. The molecule has 0 saturated heterocycles. The van der Waals surface area contributed by atoms with Crippen LogP contribution < -0.4 is 5.32 Å². The van der Waals surface area contributed by atoms with E-state index in [1.165, 1.54) is 24.3 Å². The molecule has 3 aromatic rings. The summed E-state index contributed by atoms with van der Waals surface area (Å²) >= 11 is 0. The molecule has 0 aliphatic carbocycles. The van der Waals surface area contributed by atoms with Gasteiger partial charge in [0.1, 0.15) is 5.82 Å². The summed E-state index contributed by atoms with van der Waals surface area (Å²) in [6.07, 6.45) is 0. The Labute approximate surface area is 167 Å². The molecule has 0 fully saturated rings. The van der Waals surface area contributed by atoms with Crippen molar-refractivity contribution in [3.8, 4) is 0 Å². The summed E-state index contributed by atoms with van der Waals surface area (Å²) in [7, 11) is 1.70. The Morgan fingerprint density at radius 2 is 2.03 bits per heavy atom. The molecule has 1 aliphatic heterocycles. The number of hydrogen-bond acceptors (Lipinski definition) is 6. The third-order valence-electron chi connectivity index (χ3n) is 5.04. The largest absolute Gasteiger partial charge is 0.383 e. The van der Waals surface area contributed by atoms with Crippen LogP contribution in [0.15, 0.2) is 42.5 Å². The van der Waals surface area contributed by atoms with E-state index in [-0.39, 0.29) is 11.6 Å². The first-order chi connectivity index (χ1) is 14.0. The molecule has 1 aliphatic rings. The van der Waals surface area contributed by atoms with Crippen LogP contribution in [-0.4, -0.2) is 52.1 Å². The molecule has 150 valence electrons. The Hall–Kier alpha value is -3.30. The highest BCUT2D eigenvalue weighted by Crippen LogP contribution is 2.24. The van der Waals surface area contributed by atoms with E-state index in [9.17, 15) is 14.9 Å². The van der Waals surface area contributed by atoms with Gasteiger partial charge in [-0.05, 0) is 30.3 Å². The summed E-state index contributed by atoms with van der Waals surface area (Å²) in [5.41, 5.74) is 2.81. The summed E-state index contributed by atoms with van der Waals surface area (Å²) in [5.74, 6) is 0.676. The van der Waals surface area contributed by atoms with Crippen LogP contribution in [-0.2, 0) is 17.8 Å². The minimum atomic E-state index is -0.494. The zero-order valence-electron chi connectivity index (χ0n) is 16.0. The molecule has 1 amide bonds. The van der Waals surface area contributed by atoms with Crippen molar-refractivity contribution in [3.63, 3.8) is 0 Å². The maximum absolute atomic E-state index is 12.4. The number of carbonyl (C=O) groups excluding carboxylic acids is 1. The first-order valence-corrected chi connectivity index (χ1v) is 9.31. The van der Waals surface area contributed by atoms with Gasteiger partial charge in [0, 0.05) is 50.1 Å². The number of fused-ring (bicyclic) bond motifs is 3. The summed E-state index contributed by atoms with van der Waals surface area (Å²) in [6.45, 7) is 4.14. The lowest BCUT2D eigenvalue weighted by molar-refractivity contribution is -0.384. The smallest absolute Gasteiger partial charge is 0.269 e. The van der Waals surface area contributed by atoms with Crippen molar-refractivity contribution >= 4 is 28.3 Å². The number of aromatic nitrogens is 2. The molecule has 0 spiro atoms. The van der Waals surface area contributed by atoms with E-state index >= 15 is 0 Å². The van der Waals surface area contributed by atoms with Gasteiger partial charge in [-0.25, -0.2) is 4.98 Å². The van der Waals surface area contributed by atoms with Gasteiger partial charge >= 0.3 is 0 Å². The second-order valence-electron chi connectivity index (χ2n) is 6.91. The minimum Gasteiger partial charge on any atom is -0.383 e. The SMILES string of the molecule is COCCN1CCn2c(nc3cc(NC(=O)c4ccc([N+](=O)[O-])cc4)ccc32)C1. The van der Waals surface area contributed by atoms with Gasteiger partial charge in [0.2, 0.25) is 0 Å². The summed E-state index contributed by atoms with van der Waals surface area (Å²) in [5, 5.41) is 13.6. The van der Waals surface area contributed by atoms with E-state index in [1.54, 1.807) is 7.11 Å². The third-order valence-corrected chi connectivity index (χ3v) is 5.04.